The minimum absolute atomic E-state index is 0.0149. The topological polar surface area (TPSA) is 99.0 Å². The van der Waals surface area contributed by atoms with Gasteiger partial charge in [-0.05, 0) is 0 Å². The Bertz CT molecular complexity index is 197. The first-order valence-corrected chi connectivity index (χ1v) is 3.95. The number of carbonyl (C=O) groups excluding carboxylic acids is 1. The molecule has 1 rings (SSSR count). The molecule has 13 heavy (non-hydrogen) atoms. The first kappa shape index (κ1) is 10.4. The van der Waals surface area contributed by atoms with Crippen LogP contribution < -0.4 is 5.32 Å². The molecule has 0 aromatic carbocycles. The smallest absolute Gasteiger partial charge is 0.217 e. The SMILES string of the molecule is CC(=O)N[C@H]1CO[C@H](O)[C@H](O)[C@H]1O. The lowest BCUT2D eigenvalue weighted by Gasteiger charge is -2.35. The summed E-state index contributed by atoms with van der Waals surface area (Å²) in [4.78, 5) is 10.6. The third-order valence-electron chi connectivity index (χ3n) is 1.89. The summed E-state index contributed by atoms with van der Waals surface area (Å²) in [5.41, 5.74) is 0. The minimum atomic E-state index is -1.39. The highest BCUT2D eigenvalue weighted by Gasteiger charge is 2.37. The maximum Gasteiger partial charge on any atom is 0.217 e. The van der Waals surface area contributed by atoms with E-state index in [9.17, 15) is 9.90 Å². The molecule has 1 aliphatic heterocycles. The summed E-state index contributed by atoms with van der Waals surface area (Å²) < 4.78 is 4.70. The van der Waals surface area contributed by atoms with Crippen molar-refractivity contribution >= 4 is 5.91 Å². The van der Waals surface area contributed by atoms with Crippen molar-refractivity contribution in [1.82, 2.24) is 5.32 Å². The normalized spacial score (nSPS) is 40.0. The Labute approximate surface area is 75.1 Å². The van der Waals surface area contributed by atoms with Gasteiger partial charge in [-0.25, -0.2) is 0 Å². The monoisotopic (exact) mass is 191 g/mol. The highest BCUT2D eigenvalue weighted by molar-refractivity contribution is 5.73. The Hall–Kier alpha value is -0.690. The van der Waals surface area contributed by atoms with Gasteiger partial charge in [0.15, 0.2) is 6.29 Å². The molecule has 6 nitrogen and oxygen atoms in total. The lowest BCUT2D eigenvalue weighted by molar-refractivity contribution is -0.229. The predicted molar refractivity (Wildman–Crippen MR) is 41.6 cm³/mol. The van der Waals surface area contributed by atoms with E-state index in [1.165, 1.54) is 6.92 Å². The number of aliphatic hydroxyl groups excluding tert-OH is 3. The predicted octanol–water partition coefficient (Wildman–Crippen LogP) is -2.44. The van der Waals surface area contributed by atoms with Crippen molar-refractivity contribution in [2.75, 3.05) is 6.61 Å². The number of rotatable bonds is 1. The maximum absolute atomic E-state index is 10.6. The Kier molecular flexibility index (Phi) is 3.21. The van der Waals surface area contributed by atoms with Crippen LogP contribution in [0.15, 0.2) is 0 Å². The summed E-state index contributed by atoms with van der Waals surface area (Å²) in [6.45, 7) is 1.28. The average Bonchev–Trinajstić information content (AvgIpc) is 2.06. The fraction of sp³-hybridized carbons (Fsp3) is 0.857. The fourth-order valence-corrected chi connectivity index (χ4v) is 1.19. The van der Waals surface area contributed by atoms with Gasteiger partial charge >= 0.3 is 0 Å². The van der Waals surface area contributed by atoms with E-state index in [1.54, 1.807) is 0 Å². The number of hydrogen-bond acceptors (Lipinski definition) is 5. The Morgan fingerprint density at radius 3 is 2.54 bits per heavy atom. The lowest BCUT2D eigenvalue weighted by Crippen LogP contribution is -2.58. The zero-order valence-corrected chi connectivity index (χ0v) is 7.17. The summed E-state index contributed by atoms with van der Waals surface area (Å²) in [5, 5.41) is 29.9. The number of nitrogens with one attached hydrogen (secondary N) is 1. The van der Waals surface area contributed by atoms with Crippen LogP contribution in [0.25, 0.3) is 0 Å². The molecular weight excluding hydrogens is 178 g/mol. The molecule has 4 atom stereocenters. The average molecular weight is 191 g/mol. The zero-order valence-electron chi connectivity index (χ0n) is 7.17. The molecular formula is C7H13NO5. The quantitative estimate of drug-likeness (QED) is 0.369. The summed E-state index contributed by atoms with van der Waals surface area (Å²) in [6, 6.07) is -0.670. The molecule has 1 fully saturated rings. The highest BCUT2D eigenvalue weighted by atomic mass is 16.6. The molecule has 0 radical (unpaired) electrons. The van der Waals surface area contributed by atoms with Crippen LogP contribution in [0.4, 0.5) is 0 Å². The van der Waals surface area contributed by atoms with Gasteiger partial charge in [0, 0.05) is 6.92 Å². The van der Waals surface area contributed by atoms with Crippen molar-refractivity contribution in [1.29, 1.82) is 0 Å². The third-order valence-corrected chi connectivity index (χ3v) is 1.89. The summed E-state index contributed by atoms with van der Waals surface area (Å²) in [5.74, 6) is -0.323. The van der Waals surface area contributed by atoms with E-state index in [1.807, 2.05) is 0 Å². The van der Waals surface area contributed by atoms with Crippen LogP contribution in [-0.4, -0.2) is 52.4 Å². The molecule has 0 aliphatic carbocycles. The minimum Gasteiger partial charge on any atom is -0.388 e. The molecule has 76 valence electrons. The molecule has 0 saturated carbocycles. The summed E-state index contributed by atoms with van der Waals surface area (Å²) >= 11 is 0. The van der Waals surface area contributed by atoms with Gasteiger partial charge in [0.05, 0.1) is 12.6 Å². The van der Waals surface area contributed by atoms with Crippen LogP contribution in [0.2, 0.25) is 0 Å². The first-order chi connectivity index (χ1) is 6.02. The van der Waals surface area contributed by atoms with Crippen LogP contribution in [0.3, 0.4) is 0 Å². The van der Waals surface area contributed by atoms with Gasteiger partial charge in [-0.15, -0.1) is 0 Å². The van der Waals surface area contributed by atoms with Gasteiger partial charge in [0.2, 0.25) is 5.91 Å². The second kappa shape index (κ2) is 4.01. The molecule has 0 spiro atoms. The molecule has 1 amide bonds. The zero-order chi connectivity index (χ0) is 10.0. The van der Waals surface area contributed by atoms with Crippen LogP contribution in [0.5, 0.6) is 0 Å². The highest BCUT2D eigenvalue weighted by Crippen LogP contribution is 2.13. The van der Waals surface area contributed by atoms with Crippen molar-refractivity contribution in [3.63, 3.8) is 0 Å². The fourth-order valence-electron chi connectivity index (χ4n) is 1.19. The number of ether oxygens (including phenoxy) is 1. The Morgan fingerprint density at radius 2 is 2.00 bits per heavy atom. The van der Waals surface area contributed by atoms with Crippen molar-refractivity contribution in [3.8, 4) is 0 Å². The van der Waals surface area contributed by atoms with E-state index in [0.717, 1.165) is 0 Å². The molecule has 6 heteroatoms. The van der Waals surface area contributed by atoms with E-state index in [-0.39, 0.29) is 12.5 Å². The van der Waals surface area contributed by atoms with E-state index >= 15 is 0 Å². The van der Waals surface area contributed by atoms with E-state index in [0.29, 0.717) is 0 Å². The van der Waals surface area contributed by atoms with Crippen LogP contribution >= 0.6 is 0 Å². The Balaban J connectivity index is 2.53. The van der Waals surface area contributed by atoms with Gasteiger partial charge in [-0.3, -0.25) is 4.79 Å². The second-order valence-corrected chi connectivity index (χ2v) is 3.01. The van der Waals surface area contributed by atoms with E-state index < -0.39 is 24.5 Å². The molecule has 0 aromatic rings. The second-order valence-electron chi connectivity index (χ2n) is 3.01. The van der Waals surface area contributed by atoms with Crippen molar-refractivity contribution in [3.05, 3.63) is 0 Å². The number of amides is 1. The van der Waals surface area contributed by atoms with Crippen LogP contribution in [0, 0.1) is 0 Å². The number of hydrogen-bond donors (Lipinski definition) is 4. The number of aliphatic hydroxyl groups is 3. The van der Waals surface area contributed by atoms with E-state index in [4.69, 9.17) is 14.9 Å². The molecule has 0 aromatic heterocycles. The van der Waals surface area contributed by atoms with Gasteiger partial charge in [0.25, 0.3) is 0 Å². The van der Waals surface area contributed by atoms with Crippen molar-refractivity contribution < 1.29 is 24.9 Å². The van der Waals surface area contributed by atoms with Crippen molar-refractivity contribution in [2.45, 2.75) is 31.5 Å². The number of carbonyl (C=O) groups is 1. The van der Waals surface area contributed by atoms with Gasteiger partial charge in [-0.2, -0.15) is 0 Å². The molecule has 0 unspecified atom stereocenters. The van der Waals surface area contributed by atoms with Gasteiger partial charge in [0.1, 0.15) is 12.2 Å². The third kappa shape index (κ3) is 2.38. The largest absolute Gasteiger partial charge is 0.388 e. The summed E-state index contributed by atoms with van der Waals surface area (Å²) in [7, 11) is 0. The van der Waals surface area contributed by atoms with E-state index in [2.05, 4.69) is 5.32 Å². The van der Waals surface area contributed by atoms with Crippen LogP contribution in [-0.2, 0) is 9.53 Å². The molecule has 4 N–H and O–H groups in total. The Morgan fingerprint density at radius 1 is 1.38 bits per heavy atom. The lowest BCUT2D eigenvalue weighted by atomic mass is 10.0. The first-order valence-electron chi connectivity index (χ1n) is 3.95. The van der Waals surface area contributed by atoms with Gasteiger partial charge in [-0.1, -0.05) is 0 Å². The molecule has 1 aliphatic rings. The molecule has 1 heterocycles. The van der Waals surface area contributed by atoms with Crippen LogP contribution in [0.1, 0.15) is 6.92 Å². The molecule has 1 saturated heterocycles. The maximum atomic E-state index is 10.6. The molecule has 0 bridgehead atoms. The summed E-state index contributed by atoms with van der Waals surface area (Å²) in [6.07, 6.45) is -3.97. The van der Waals surface area contributed by atoms with Crippen molar-refractivity contribution in [2.24, 2.45) is 0 Å². The standard InChI is InChI=1S/C7H13NO5/c1-3(9)8-4-2-13-7(12)6(11)5(4)10/h4-7,10-12H,2H2,1H3,(H,8,9)/t4-,5-,6+,7-/m0/s1. The van der Waals surface area contributed by atoms with Gasteiger partial charge < -0.3 is 25.4 Å².